The van der Waals surface area contributed by atoms with Gasteiger partial charge in [0.1, 0.15) is 11.6 Å². The summed E-state index contributed by atoms with van der Waals surface area (Å²) in [4.78, 5) is 0. The van der Waals surface area contributed by atoms with Gasteiger partial charge in [-0.2, -0.15) is 0 Å². The van der Waals surface area contributed by atoms with Crippen molar-refractivity contribution in [2.75, 3.05) is 11.9 Å². The smallest absolute Gasteiger partial charge is 0.133 e. The Morgan fingerprint density at radius 3 is 2.67 bits per heavy atom. The Morgan fingerprint density at radius 2 is 1.94 bits per heavy atom. The fraction of sp³-hybridized carbons (Fsp3) is 0.429. The highest BCUT2D eigenvalue weighted by Crippen LogP contribution is 2.07. The Bertz CT molecular complexity index is 476. The molecule has 1 N–H and O–H groups in total. The molecule has 0 aliphatic rings. The monoisotopic (exact) mass is 244 g/mol. The molecule has 0 aliphatic carbocycles. The van der Waals surface area contributed by atoms with Gasteiger partial charge in [-0.15, -0.1) is 10.2 Å². The molecule has 1 aromatic heterocycles. The molecule has 0 aliphatic heterocycles. The predicted molar refractivity (Wildman–Crippen MR) is 73.7 cm³/mol. The maximum atomic E-state index is 4.22. The molecular formula is C14H20N4. The zero-order valence-electron chi connectivity index (χ0n) is 11.1. The Hall–Kier alpha value is -1.84. The highest BCUT2D eigenvalue weighted by atomic mass is 15.3. The summed E-state index contributed by atoms with van der Waals surface area (Å²) in [5, 5.41) is 11.7. The van der Waals surface area contributed by atoms with Crippen molar-refractivity contribution in [3.8, 4) is 0 Å². The number of hydrogen-bond acceptors (Lipinski definition) is 3. The zero-order valence-corrected chi connectivity index (χ0v) is 11.1. The van der Waals surface area contributed by atoms with E-state index in [1.165, 1.54) is 5.69 Å². The molecule has 1 aromatic carbocycles. The van der Waals surface area contributed by atoms with Gasteiger partial charge < -0.3 is 9.88 Å². The fourth-order valence-corrected chi connectivity index (χ4v) is 2.06. The summed E-state index contributed by atoms with van der Waals surface area (Å²) in [5.41, 5.74) is 1.17. The third kappa shape index (κ3) is 3.09. The Labute approximate surface area is 108 Å². The standard InChI is InChI=1S/C14H20N4/c1-3-18-12(2)16-17-14(18)10-7-11-15-13-8-5-4-6-9-13/h4-6,8-9,15H,3,7,10-11H2,1-2H3. The van der Waals surface area contributed by atoms with Crippen molar-refractivity contribution in [2.45, 2.75) is 33.2 Å². The van der Waals surface area contributed by atoms with Crippen molar-refractivity contribution in [1.29, 1.82) is 0 Å². The Morgan fingerprint density at radius 1 is 1.17 bits per heavy atom. The van der Waals surface area contributed by atoms with Gasteiger partial charge in [0.2, 0.25) is 0 Å². The van der Waals surface area contributed by atoms with E-state index >= 15 is 0 Å². The molecule has 2 aromatic rings. The second-order valence-electron chi connectivity index (χ2n) is 4.30. The molecule has 2 rings (SSSR count). The molecule has 0 fully saturated rings. The molecule has 0 atom stereocenters. The number of anilines is 1. The quantitative estimate of drug-likeness (QED) is 0.794. The first-order valence-corrected chi connectivity index (χ1v) is 6.49. The molecule has 4 heteroatoms. The lowest BCUT2D eigenvalue weighted by atomic mass is 10.2. The van der Waals surface area contributed by atoms with Crippen molar-refractivity contribution >= 4 is 5.69 Å². The number of nitrogens with zero attached hydrogens (tertiary/aromatic N) is 3. The van der Waals surface area contributed by atoms with E-state index in [4.69, 9.17) is 0 Å². The summed E-state index contributed by atoms with van der Waals surface area (Å²) >= 11 is 0. The molecular weight excluding hydrogens is 224 g/mol. The summed E-state index contributed by atoms with van der Waals surface area (Å²) in [6.07, 6.45) is 2.03. The van der Waals surface area contributed by atoms with Crippen LogP contribution in [-0.4, -0.2) is 21.3 Å². The Balaban J connectivity index is 1.78. The first kappa shape index (κ1) is 12.6. The topological polar surface area (TPSA) is 42.7 Å². The first-order chi connectivity index (χ1) is 8.81. The second kappa shape index (κ2) is 6.19. The lowest BCUT2D eigenvalue weighted by Gasteiger charge is -2.07. The number of rotatable bonds is 6. The van der Waals surface area contributed by atoms with Gasteiger partial charge in [0, 0.05) is 25.2 Å². The van der Waals surface area contributed by atoms with Gasteiger partial charge in [-0.1, -0.05) is 18.2 Å². The minimum Gasteiger partial charge on any atom is -0.385 e. The molecule has 0 spiro atoms. The van der Waals surface area contributed by atoms with Gasteiger partial charge in [0.25, 0.3) is 0 Å². The summed E-state index contributed by atoms with van der Waals surface area (Å²) in [7, 11) is 0. The number of benzene rings is 1. The van der Waals surface area contributed by atoms with Crippen LogP contribution in [0.3, 0.4) is 0 Å². The highest BCUT2D eigenvalue weighted by Gasteiger charge is 2.05. The van der Waals surface area contributed by atoms with Gasteiger partial charge in [0.05, 0.1) is 0 Å². The molecule has 1 heterocycles. The average Bonchev–Trinajstić information content (AvgIpc) is 2.76. The second-order valence-corrected chi connectivity index (χ2v) is 4.30. The lowest BCUT2D eigenvalue weighted by molar-refractivity contribution is 0.662. The molecule has 4 nitrogen and oxygen atoms in total. The molecule has 0 saturated heterocycles. The number of para-hydroxylation sites is 1. The molecule has 0 unspecified atom stereocenters. The number of aromatic nitrogens is 3. The number of nitrogens with one attached hydrogen (secondary N) is 1. The van der Waals surface area contributed by atoms with Crippen LogP contribution in [0.15, 0.2) is 30.3 Å². The minimum absolute atomic E-state index is 0.945. The van der Waals surface area contributed by atoms with Gasteiger partial charge in [0.15, 0.2) is 0 Å². The van der Waals surface area contributed by atoms with Gasteiger partial charge in [-0.3, -0.25) is 0 Å². The summed E-state index contributed by atoms with van der Waals surface area (Å²) in [5.74, 6) is 2.09. The van der Waals surface area contributed by atoms with E-state index in [-0.39, 0.29) is 0 Å². The van der Waals surface area contributed by atoms with Gasteiger partial charge in [-0.05, 0) is 32.4 Å². The highest BCUT2D eigenvalue weighted by molar-refractivity contribution is 5.42. The van der Waals surface area contributed by atoms with Crippen LogP contribution in [0.2, 0.25) is 0 Å². The molecule has 0 amide bonds. The van der Waals surface area contributed by atoms with Crippen LogP contribution in [-0.2, 0) is 13.0 Å². The third-order valence-corrected chi connectivity index (χ3v) is 3.01. The Kier molecular flexibility index (Phi) is 4.34. The van der Waals surface area contributed by atoms with Crippen LogP contribution in [0.25, 0.3) is 0 Å². The van der Waals surface area contributed by atoms with E-state index in [0.717, 1.165) is 37.6 Å². The van der Waals surface area contributed by atoms with E-state index in [1.807, 2.05) is 25.1 Å². The third-order valence-electron chi connectivity index (χ3n) is 3.01. The van der Waals surface area contributed by atoms with Crippen molar-refractivity contribution in [2.24, 2.45) is 0 Å². The van der Waals surface area contributed by atoms with Crippen molar-refractivity contribution < 1.29 is 0 Å². The number of aryl methyl sites for hydroxylation is 2. The maximum absolute atomic E-state index is 4.22. The normalized spacial score (nSPS) is 10.6. The number of hydrogen-bond donors (Lipinski definition) is 1. The van der Waals surface area contributed by atoms with Crippen LogP contribution in [0.5, 0.6) is 0 Å². The lowest BCUT2D eigenvalue weighted by Crippen LogP contribution is -2.07. The van der Waals surface area contributed by atoms with Crippen molar-refractivity contribution in [3.05, 3.63) is 42.0 Å². The van der Waals surface area contributed by atoms with Crippen LogP contribution < -0.4 is 5.32 Å². The molecule has 0 bridgehead atoms. The SMILES string of the molecule is CCn1c(C)nnc1CCCNc1ccccc1. The molecule has 0 radical (unpaired) electrons. The molecule has 18 heavy (non-hydrogen) atoms. The largest absolute Gasteiger partial charge is 0.385 e. The fourth-order valence-electron chi connectivity index (χ4n) is 2.06. The summed E-state index contributed by atoms with van der Waals surface area (Å²) in [6, 6.07) is 10.3. The minimum atomic E-state index is 0.945. The maximum Gasteiger partial charge on any atom is 0.133 e. The van der Waals surface area contributed by atoms with Crippen molar-refractivity contribution in [3.63, 3.8) is 0 Å². The molecule has 0 saturated carbocycles. The van der Waals surface area contributed by atoms with Gasteiger partial charge in [-0.25, -0.2) is 0 Å². The van der Waals surface area contributed by atoms with Gasteiger partial charge >= 0.3 is 0 Å². The van der Waals surface area contributed by atoms with Crippen LogP contribution >= 0.6 is 0 Å². The van der Waals surface area contributed by atoms with E-state index < -0.39 is 0 Å². The van der Waals surface area contributed by atoms with Crippen LogP contribution in [0.1, 0.15) is 25.0 Å². The first-order valence-electron chi connectivity index (χ1n) is 6.49. The predicted octanol–water partition coefficient (Wildman–Crippen LogP) is 2.65. The van der Waals surface area contributed by atoms with Crippen molar-refractivity contribution in [1.82, 2.24) is 14.8 Å². The van der Waals surface area contributed by atoms with E-state index in [9.17, 15) is 0 Å². The van der Waals surface area contributed by atoms with E-state index in [1.54, 1.807) is 0 Å². The van der Waals surface area contributed by atoms with E-state index in [2.05, 4.69) is 39.1 Å². The molecule has 96 valence electrons. The summed E-state index contributed by atoms with van der Waals surface area (Å²) < 4.78 is 2.17. The van der Waals surface area contributed by atoms with E-state index in [0.29, 0.717) is 0 Å². The van der Waals surface area contributed by atoms with Crippen LogP contribution in [0, 0.1) is 6.92 Å². The van der Waals surface area contributed by atoms with Crippen LogP contribution in [0.4, 0.5) is 5.69 Å². The summed E-state index contributed by atoms with van der Waals surface area (Å²) in [6.45, 7) is 6.03. The average molecular weight is 244 g/mol. The zero-order chi connectivity index (χ0) is 12.8.